The Kier molecular flexibility index (Phi) is 6.45. The van der Waals surface area contributed by atoms with E-state index in [-0.39, 0.29) is 22.5 Å². The Hall–Kier alpha value is -2.57. The summed E-state index contributed by atoms with van der Waals surface area (Å²) in [5.74, 6) is 1.19. The Morgan fingerprint density at radius 3 is 2.41 bits per heavy atom. The molecule has 1 aliphatic heterocycles. The van der Waals surface area contributed by atoms with Crippen LogP contribution in [-0.2, 0) is 20.0 Å². The molecule has 0 atom stereocenters. The maximum absolute atomic E-state index is 13.7. The van der Waals surface area contributed by atoms with Crippen LogP contribution in [0.15, 0.2) is 65.6 Å². The highest BCUT2D eigenvalue weighted by atomic mass is 79.9. The Bertz CT molecular complexity index is 1300. The summed E-state index contributed by atoms with van der Waals surface area (Å²) in [6.07, 6.45) is 6.55. The fourth-order valence-electron chi connectivity index (χ4n) is 4.65. The quantitative estimate of drug-likeness (QED) is 0.384. The molecule has 0 spiro atoms. The second-order valence-corrected chi connectivity index (χ2v) is 8.62. The third kappa shape index (κ3) is 3.76. The van der Waals surface area contributed by atoms with E-state index in [1.165, 1.54) is 12.2 Å². The van der Waals surface area contributed by atoms with Gasteiger partial charge in [-0.2, -0.15) is 4.57 Å². The minimum absolute atomic E-state index is 0. The van der Waals surface area contributed by atoms with E-state index in [4.69, 9.17) is 11.6 Å². The molecule has 5 nitrogen and oxygen atoms in total. The standard InChI is InChI=1S/C25H26ClN4O.BrH/c1-18-24(25(31)30(27(18)2)21-9-5-3-6-10-21)29-17-22(19-12-14-20(26)15-13-19)28-16-8-4-7-11-23(28)29;/h3,5-6,9-10,12-15,17H,4,7-8,11,16H2,1-2H3;1H/q+1;/p-1. The number of imidazole rings is 1. The Balaban J connectivity index is 0.00000245. The number of hydrogen-bond acceptors (Lipinski definition) is 1. The Morgan fingerprint density at radius 1 is 0.969 bits per heavy atom. The monoisotopic (exact) mass is 512 g/mol. The molecule has 166 valence electrons. The predicted molar refractivity (Wildman–Crippen MR) is 123 cm³/mol. The number of para-hydroxylation sites is 1. The van der Waals surface area contributed by atoms with Crippen LogP contribution in [0.1, 0.15) is 30.8 Å². The number of rotatable bonds is 3. The van der Waals surface area contributed by atoms with Gasteiger partial charge in [0, 0.05) is 24.1 Å². The molecule has 32 heavy (non-hydrogen) atoms. The van der Waals surface area contributed by atoms with Crippen molar-refractivity contribution in [3.05, 3.63) is 87.7 Å². The maximum atomic E-state index is 13.7. The average Bonchev–Trinajstić information content (AvgIpc) is 3.09. The van der Waals surface area contributed by atoms with Crippen LogP contribution in [0.2, 0.25) is 5.02 Å². The lowest BCUT2D eigenvalue weighted by molar-refractivity contribution is -0.605. The zero-order chi connectivity index (χ0) is 21.5. The van der Waals surface area contributed by atoms with E-state index in [1.807, 2.05) is 61.1 Å². The molecule has 4 aromatic rings. The Labute approximate surface area is 203 Å². The summed E-state index contributed by atoms with van der Waals surface area (Å²) >= 11 is 6.13. The normalized spacial score (nSPS) is 13.3. The first kappa shape index (κ1) is 22.6. The molecule has 0 radical (unpaired) electrons. The van der Waals surface area contributed by atoms with Crippen molar-refractivity contribution in [2.75, 3.05) is 0 Å². The molecule has 5 rings (SSSR count). The van der Waals surface area contributed by atoms with Crippen LogP contribution in [0.25, 0.3) is 22.6 Å². The van der Waals surface area contributed by atoms with Crippen LogP contribution in [-0.4, -0.2) is 13.9 Å². The zero-order valence-electron chi connectivity index (χ0n) is 18.3. The molecule has 2 aromatic carbocycles. The molecule has 1 aliphatic rings. The fraction of sp³-hybridized carbons (Fsp3) is 0.280. The summed E-state index contributed by atoms with van der Waals surface area (Å²) in [6.45, 7) is 2.98. The highest BCUT2D eigenvalue weighted by Gasteiger charge is 2.31. The first-order valence-corrected chi connectivity index (χ1v) is 11.2. The van der Waals surface area contributed by atoms with Gasteiger partial charge in [-0.15, -0.1) is 0 Å². The lowest BCUT2D eigenvalue weighted by atomic mass is 10.1. The van der Waals surface area contributed by atoms with E-state index >= 15 is 0 Å². The molecule has 0 bridgehead atoms. The molecule has 0 unspecified atom stereocenters. The van der Waals surface area contributed by atoms with Crippen molar-refractivity contribution >= 4 is 11.6 Å². The molecule has 0 aliphatic carbocycles. The van der Waals surface area contributed by atoms with Crippen LogP contribution < -0.4 is 27.1 Å². The summed E-state index contributed by atoms with van der Waals surface area (Å²) < 4.78 is 8.21. The molecule has 0 N–H and O–H groups in total. The number of hydrogen-bond donors (Lipinski definition) is 0. The number of benzene rings is 2. The minimum Gasteiger partial charge on any atom is -1.00 e. The molecule has 3 heterocycles. The minimum atomic E-state index is -0.00324. The largest absolute Gasteiger partial charge is 1.00 e. The molecule has 0 saturated carbocycles. The van der Waals surface area contributed by atoms with Gasteiger partial charge in [-0.1, -0.05) is 29.8 Å². The van der Waals surface area contributed by atoms with Gasteiger partial charge in [0.15, 0.2) is 5.69 Å². The Morgan fingerprint density at radius 2 is 1.69 bits per heavy atom. The highest BCUT2D eigenvalue weighted by molar-refractivity contribution is 6.30. The van der Waals surface area contributed by atoms with Crippen LogP contribution in [0.5, 0.6) is 0 Å². The first-order valence-electron chi connectivity index (χ1n) is 10.8. The molecule has 7 heteroatoms. The highest BCUT2D eigenvalue weighted by Crippen LogP contribution is 2.26. The SMILES string of the molecule is Cc1c(-[n+]2cc(-c3ccc(Cl)cc3)n3c2CCCCC3)c(=O)n(-c2ccccc2)n1C.[Br-]. The second kappa shape index (κ2) is 9.12. The molecule has 0 fully saturated rings. The summed E-state index contributed by atoms with van der Waals surface area (Å²) in [7, 11) is 1.95. The van der Waals surface area contributed by atoms with Gasteiger partial charge in [-0.25, -0.2) is 9.25 Å². The first-order chi connectivity index (χ1) is 15.1. The van der Waals surface area contributed by atoms with Gasteiger partial charge >= 0.3 is 5.56 Å². The predicted octanol–water partition coefficient (Wildman–Crippen LogP) is 1.61. The van der Waals surface area contributed by atoms with E-state index in [2.05, 4.69) is 27.5 Å². The van der Waals surface area contributed by atoms with Crippen molar-refractivity contribution < 1.29 is 21.5 Å². The van der Waals surface area contributed by atoms with E-state index < -0.39 is 0 Å². The fourth-order valence-corrected chi connectivity index (χ4v) is 4.77. The van der Waals surface area contributed by atoms with E-state index in [1.54, 1.807) is 4.68 Å². The van der Waals surface area contributed by atoms with Crippen LogP contribution >= 0.6 is 11.6 Å². The van der Waals surface area contributed by atoms with Crippen molar-refractivity contribution in [2.24, 2.45) is 7.05 Å². The lowest BCUT2D eigenvalue weighted by Gasteiger charge is -2.06. The maximum Gasteiger partial charge on any atom is 0.319 e. The molecule has 0 saturated heterocycles. The van der Waals surface area contributed by atoms with Crippen molar-refractivity contribution in [2.45, 2.75) is 39.2 Å². The van der Waals surface area contributed by atoms with E-state index in [9.17, 15) is 4.79 Å². The van der Waals surface area contributed by atoms with E-state index in [0.717, 1.165) is 59.2 Å². The third-order valence-electron chi connectivity index (χ3n) is 6.32. The van der Waals surface area contributed by atoms with Gasteiger partial charge in [0.25, 0.3) is 5.82 Å². The summed E-state index contributed by atoms with van der Waals surface area (Å²) in [5.41, 5.74) is 4.77. The number of nitrogens with zero attached hydrogens (tertiary/aromatic N) is 4. The van der Waals surface area contributed by atoms with Gasteiger partial charge < -0.3 is 17.0 Å². The van der Waals surface area contributed by atoms with Crippen molar-refractivity contribution in [1.82, 2.24) is 13.9 Å². The van der Waals surface area contributed by atoms with Gasteiger partial charge in [-0.05, 0) is 62.6 Å². The number of fused-ring (bicyclic) bond motifs is 1. The molecular weight excluding hydrogens is 488 g/mol. The van der Waals surface area contributed by atoms with Crippen molar-refractivity contribution in [3.63, 3.8) is 0 Å². The average molecular weight is 514 g/mol. The topological polar surface area (TPSA) is 35.7 Å². The van der Waals surface area contributed by atoms with Crippen molar-refractivity contribution in [3.8, 4) is 22.6 Å². The van der Waals surface area contributed by atoms with Gasteiger partial charge in [0.1, 0.15) is 6.20 Å². The summed E-state index contributed by atoms with van der Waals surface area (Å²) in [6, 6.07) is 17.8. The van der Waals surface area contributed by atoms with Gasteiger partial charge in [0.2, 0.25) is 5.69 Å². The molecule has 0 amide bonds. The molecular formula is C25H26BrClN4O. The zero-order valence-corrected chi connectivity index (χ0v) is 20.6. The van der Waals surface area contributed by atoms with Crippen LogP contribution in [0, 0.1) is 6.92 Å². The number of aromatic nitrogens is 4. The summed E-state index contributed by atoms with van der Waals surface area (Å²) in [4.78, 5) is 13.7. The molecule has 2 aromatic heterocycles. The van der Waals surface area contributed by atoms with Gasteiger partial charge in [-0.3, -0.25) is 9.48 Å². The second-order valence-electron chi connectivity index (χ2n) is 8.18. The van der Waals surface area contributed by atoms with E-state index in [0.29, 0.717) is 0 Å². The smallest absolute Gasteiger partial charge is 0.319 e. The lowest BCUT2D eigenvalue weighted by Crippen LogP contribution is -3.00. The van der Waals surface area contributed by atoms with Crippen LogP contribution in [0.4, 0.5) is 0 Å². The third-order valence-corrected chi connectivity index (χ3v) is 6.57. The summed E-state index contributed by atoms with van der Waals surface area (Å²) in [5, 5.41) is 0.726. The van der Waals surface area contributed by atoms with Crippen LogP contribution in [0.3, 0.4) is 0 Å². The van der Waals surface area contributed by atoms with Gasteiger partial charge in [0.05, 0.1) is 17.9 Å². The number of halogens is 2. The van der Waals surface area contributed by atoms with Crippen molar-refractivity contribution in [1.29, 1.82) is 0 Å².